The van der Waals surface area contributed by atoms with Crippen LogP contribution in [0.15, 0.2) is 54.6 Å². The first-order valence-electron chi connectivity index (χ1n) is 6.60. The summed E-state index contributed by atoms with van der Waals surface area (Å²) in [5.41, 5.74) is 1.69. The second-order valence-corrected chi connectivity index (χ2v) is 4.67. The molecule has 1 N–H and O–H groups in total. The molecule has 3 aromatic rings. The van der Waals surface area contributed by atoms with Gasteiger partial charge in [0.15, 0.2) is 0 Å². The average molecular weight is 283 g/mol. The summed E-state index contributed by atoms with van der Waals surface area (Å²) in [6.45, 7) is 1.93. The molecule has 0 saturated carbocycles. The van der Waals surface area contributed by atoms with Crippen molar-refractivity contribution in [3.8, 4) is 5.69 Å². The standard InChI is InChI=1S/C15H14FN5/c1-11(12-6-5-7-13(16)10-12)17-15-18-19-20-21(15)14-8-3-2-4-9-14/h2-11H,1H3,(H,17,18,20). The van der Waals surface area contributed by atoms with Crippen LogP contribution in [-0.2, 0) is 0 Å². The van der Waals surface area contributed by atoms with Gasteiger partial charge in [0, 0.05) is 0 Å². The van der Waals surface area contributed by atoms with Gasteiger partial charge in [-0.2, -0.15) is 4.68 Å². The van der Waals surface area contributed by atoms with Gasteiger partial charge in [0.05, 0.1) is 11.7 Å². The molecule has 1 atom stereocenters. The van der Waals surface area contributed by atoms with Crippen molar-refractivity contribution in [2.24, 2.45) is 0 Å². The van der Waals surface area contributed by atoms with E-state index in [1.807, 2.05) is 43.3 Å². The summed E-state index contributed by atoms with van der Waals surface area (Å²) in [6, 6.07) is 15.9. The van der Waals surface area contributed by atoms with E-state index in [4.69, 9.17) is 0 Å². The van der Waals surface area contributed by atoms with Crippen LogP contribution >= 0.6 is 0 Å². The number of nitrogens with zero attached hydrogens (tertiary/aromatic N) is 4. The van der Waals surface area contributed by atoms with Gasteiger partial charge in [-0.15, -0.1) is 0 Å². The largest absolute Gasteiger partial charge is 0.346 e. The second-order valence-electron chi connectivity index (χ2n) is 4.67. The summed E-state index contributed by atoms with van der Waals surface area (Å²) in [4.78, 5) is 0. The Morgan fingerprint density at radius 3 is 2.67 bits per heavy atom. The second kappa shape index (κ2) is 5.70. The minimum atomic E-state index is -0.260. The Labute approximate surface area is 121 Å². The smallest absolute Gasteiger partial charge is 0.248 e. The third kappa shape index (κ3) is 2.89. The van der Waals surface area contributed by atoms with E-state index < -0.39 is 0 Å². The number of tetrazole rings is 1. The molecule has 1 heterocycles. The molecule has 0 aliphatic rings. The van der Waals surface area contributed by atoms with E-state index in [-0.39, 0.29) is 11.9 Å². The van der Waals surface area contributed by atoms with Crippen LogP contribution in [0, 0.1) is 5.82 Å². The highest BCUT2D eigenvalue weighted by atomic mass is 19.1. The molecule has 0 fully saturated rings. The van der Waals surface area contributed by atoms with Gasteiger partial charge in [0.2, 0.25) is 5.95 Å². The minimum Gasteiger partial charge on any atom is -0.346 e. The lowest BCUT2D eigenvalue weighted by Gasteiger charge is -2.14. The summed E-state index contributed by atoms with van der Waals surface area (Å²) in [5.74, 6) is 0.252. The maximum atomic E-state index is 13.3. The van der Waals surface area contributed by atoms with E-state index in [0.717, 1.165) is 11.3 Å². The number of anilines is 1. The third-order valence-corrected chi connectivity index (χ3v) is 3.16. The molecule has 1 aromatic heterocycles. The number of hydrogen-bond acceptors (Lipinski definition) is 4. The lowest BCUT2D eigenvalue weighted by Crippen LogP contribution is -2.12. The molecule has 6 heteroatoms. The Bertz CT molecular complexity index is 726. The fraction of sp³-hybridized carbons (Fsp3) is 0.133. The highest BCUT2D eigenvalue weighted by Crippen LogP contribution is 2.19. The quantitative estimate of drug-likeness (QED) is 0.799. The Kier molecular flexibility index (Phi) is 3.59. The van der Waals surface area contributed by atoms with Gasteiger partial charge in [0.1, 0.15) is 5.82 Å². The highest BCUT2D eigenvalue weighted by Gasteiger charge is 2.12. The molecule has 0 radical (unpaired) electrons. The molecule has 0 aliphatic heterocycles. The molecule has 5 nitrogen and oxygen atoms in total. The first kappa shape index (κ1) is 13.2. The molecule has 1 unspecified atom stereocenters. The summed E-state index contributed by atoms with van der Waals surface area (Å²) >= 11 is 0. The molecule has 2 aromatic carbocycles. The average Bonchev–Trinajstić information content (AvgIpc) is 2.96. The van der Waals surface area contributed by atoms with Crippen molar-refractivity contribution in [1.82, 2.24) is 20.2 Å². The van der Waals surface area contributed by atoms with Crippen LogP contribution in [0.3, 0.4) is 0 Å². The minimum absolute atomic E-state index is 0.117. The first-order chi connectivity index (χ1) is 10.2. The van der Waals surface area contributed by atoms with Crippen molar-refractivity contribution >= 4 is 5.95 Å². The van der Waals surface area contributed by atoms with Gasteiger partial charge >= 0.3 is 0 Å². The lowest BCUT2D eigenvalue weighted by molar-refractivity contribution is 0.623. The van der Waals surface area contributed by atoms with Crippen molar-refractivity contribution in [2.45, 2.75) is 13.0 Å². The fourth-order valence-electron chi connectivity index (χ4n) is 2.07. The number of aromatic nitrogens is 4. The summed E-state index contributed by atoms with van der Waals surface area (Å²) in [6.07, 6.45) is 0. The van der Waals surface area contributed by atoms with Crippen LogP contribution in [0.25, 0.3) is 5.69 Å². The zero-order valence-electron chi connectivity index (χ0n) is 11.4. The molecule has 0 amide bonds. The lowest BCUT2D eigenvalue weighted by atomic mass is 10.1. The van der Waals surface area contributed by atoms with Gasteiger partial charge in [-0.3, -0.25) is 0 Å². The molecule has 21 heavy (non-hydrogen) atoms. The maximum Gasteiger partial charge on any atom is 0.248 e. The summed E-state index contributed by atoms with van der Waals surface area (Å²) in [5, 5.41) is 14.8. The summed E-state index contributed by atoms with van der Waals surface area (Å²) < 4.78 is 14.9. The van der Waals surface area contributed by atoms with E-state index in [1.54, 1.807) is 10.7 Å². The van der Waals surface area contributed by atoms with E-state index in [0.29, 0.717) is 5.95 Å². The SMILES string of the molecule is CC(Nc1nnnn1-c1ccccc1)c1cccc(F)c1. The van der Waals surface area contributed by atoms with Crippen LogP contribution in [0.2, 0.25) is 0 Å². The van der Waals surface area contributed by atoms with Gasteiger partial charge in [0.25, 0.3) is 0 Å². The Morgan fingerprint density at radius 2 is 1.90 bits per heavy atom. The van der Waals surface area contributed by atoms with Crippen molar-refractivity contribution in [1.29, 1.82) is 0 Å². The van der Waals surface area contributed by atoms with Gasteiger partial charge in [-0.05, 0) is 47.2 Å². The van der Waals surface area contributed by atoms with E-state index in [2.05, 4.69) is 20.8 Å². The van der Waals surface area contributed by atoms with Crippen LogP contribution in [0.4, 0.5) is 10.3 Å². The van der Waals surface area contributed by atoms with Crippen LogP contribution < -0.4 is 5.32 Å². The van der Waals surface area contributed by atoms with Crippen LogP contribution in [0.1, 0.15) is 18.5 Å². The molecule has 3 rings (SSSR count). The molecule has 0 aliphatic carbocycles. The number of hydrogen-bond donors (Lipinski definition) is 1. The first-order valence-corrected chi connectivity index (χ1v) is 6.60. The molecular formula is C15H14FN5. The normalized spacial score (nSPS) is 12.1. The van der Waals surface area contributed by atoms with Crippen LogP contribution in [-0.4, -0.2) is 20.2 Å². The third-order valence-electron chi connectivity index (χ3n) is 3.16. The zero-order valence-corrected chi connectivity index (χ0v) is 11.4. The van der Waals surface area contributed by atoms with Crippen molar-refractivity contribution in [3.05, 3.63) is 66.0 Å². The number of rotatable bonds is 4. The number of halogens is 1. The Hall–Kier alpha value is -2.76. The predicted molar refractivity (Wildman–Crippen MR) is 77.6 cm³/mol. The molecule has 0 bridgehead atoms. The summed E-state index contributed by atoms with van der Waals surface area (Å²) in [7, 11) is 0. The Morgan fingerprint density at radius 1 is 1.10 bits per heavy atom. The van der Waals surface area contributed by atoms with E-state index in [1.165, 1.54) is 12.1 Å². The van der Waals surface area contributed by atoms with Crippen molar-refractivity contribution in [3.63, 3.8) is 0 Å². The van der Waals surface area contributed by atoms with Gasteiger partial charge in [-0.25, -0.2) is 4.39 Å². The maximum absolute atomic E-state index is 13.3. The van der Waals surface area contributed by atoms with E-state index >= 15 is 0 Å². The van der Waals surface area contributed by atoms with Crippen molar-refractivity contribution in [2.75, 3.05) is 5.32 Å². The topological polar surface area (TPSA) is 55.6 Å². The number of nitrogens with one attached hydrogen (secondary N) is 1. The Balaban J connectivity index is 1.85. The highest BCUT2D eigenvalue weighted by molar-refractivity contribution is 5.40. The van der Waals surface area contributed by atoms with Crippen molar-refractivity contribution < 1.29 is 4.39 Å². The molecule has 0 saturated heterocycles. The molecule has 0 spiro atoms. The van der Waals surface area contributed by atoms with Crippen LogP contribution in [0.5, 0.6) is 0 Å². The fourth-order valence-corrected chi connectivity index (χ4v) is 2.07. The zero-order chi connectivity index (χ0) is 14.7. The van der Waals surface area contributed by atoms with E-state index in [9.17, 15) is 4.39 Å². The molecule has 106 valence electrons. The molecular weight excluding hydrogens is 269 g/mol. The number of benzene rings is 2. The monoisotopic (exact) mass is 283 g/mol. The van der Waals surface area contributed by atoms with Gasteiger partial charge < -0.3 is 5.32 Å². The number of para-hydroxylation sites is 1. The predicted octanol–water partition coefficient (Wildman–Crippen LogP) is 2.97. The van der Waals surface area contributed by atoms with Gasteiger partial charge in [-0.1, -0.05) is 35.4 Å².